The minimum atomic E-state index is -0.252. The first-order valence-electron chi connectivity index (χ1n) is 5.81. The summed E-state index contributed by atoms with van der Waals surface area (Å²) in [5.41, 5.74) is 1.22. The zero-order valence-corrected chi connectivity index (χ0v) is 10.2. The van der Waals surface area contributed by atoms with Crippen LogP contribution in [0.15, 0.2) is 18.3 Å². The van der Waals surface area contributed by atoms with E-state index < -0.39 is 0 Å². The summed E-state index contributed by atoms with van der Waals surface area (Å²) in [6.07, 6.45) is 1.59. The van der Waals surface area contributed by atoms with Crippen molar-refractivity contribution in [2.75, 3.05) is 31.6 Å². The number of nitrogens with zero attached hydrogens (tertiary/aromatic N) is 3. The molecule has 2 rings (SSSR count). The summed E-state index contributed by atoms with van der Waals surface area (Å²) in [5, 5.41) is 14.7. The first-order valence-corrected chi connectivity index (χ1v) is 5.81. The highest BCUT2D eigenvalue weighted by atomic mass is 16.2. The van der Waals surface area contributed by atoms with Gasteiger partial charge >= 0.3 is 0 Å². The molecule has 2 N–H and O–H groups in total. The van der Waals surface area contributed by atoms with Gasteiger partial charge in [-0.3, -0.25) is 4.79 Å². The lowest BCUT2D eigenvalue weighted by Crippen LogP contribution is -2.57. The predicted molar refractivity (Wildman–Crippen MR) is 67.0 cm³/mol. The molecule has 1 atom stereocenters. The molecule has 1 aliphatic heterocycles. The van der Waals surface area contributed by atoms with E-state index in [4.69, 9.17) is 5.26 Å². The smallest absolute Gasteiger partial charge is 0.243 e. The van der Waals surface area contributed by atoms with Crippen LogP contribution in [-0.4, -0.2) is 43.6 Å². The van der Waals surface area contributed by atoms with Crippen molar-refractivity contribution in [2.24, 2.45) is 0 Å². The van der Waals surface area contributed by atoms with E-state index in [1.165, 1.54) is 0 Å². The molecule has 6 nitrogen and oxygen atoms in total. The highest BCUT2D eigenvalue weighted by molar-refractivity contribution is 5.85. The quantitative estimate of drug-likeness (QED) is 0.732. The van der Waals surface area contributed by atoms with Crippen LogP contribution in [0.1, 0.15) is 5.69 Å². The molecule has 94 valence electrons. The van der Waals surface area contributed by atoms with E-state index in [1.54, 1.807) is 19.3 Å². The topological polar surface area (TPSA) is 81.1 Å². The first-order chi connectivity index (χ1) is 8.76. The Balaban J connectivity index is 2.28. The standard InChI is InChI=1S/C12H15N5O/c1-14-12(18)11-8-15-4-5-17(11)10-2-3-16-9(6-10)7-13/h2-3,6,11,15H,4-5,8H2,1H3,(H,14,18). The van der Waals surface area contributed by atoms with E-state index in [9.17, 15) is 4.79 Å². The number of nitriles is 1. The molecule has 1 aromatic heterocycles. The van der Waals surface area contributed by atoms with E-state index in [2.05, 4.69) is 15.6 Å². The van der Waals surface area contributed by atoms with Gasteiger partial charge in [-0.25, -0.2) is 4.98 Å². The normalized spacial score (nSPS) is 19.1. The van der Waals surface area contributed by atoms with Gasteiger partial charge in [0.15, 0.2) is 0 Å². The fourth-order valence-corrected chi connectivity index (χ4v) is 2.07. The molecule has 0 aliphatic carbocycles. The van der Waals surface area contributed by atoms with Crippen molar-refractivity contribution in [3.8, 4) is 6.07 Å². The maximum atomic E-state index is 11.8. The molecule has 0 saturated carbocycles. The van der Waals surface area contributed by atoms with Crippen LogP contribution in [0.3, 0.4) is 0 Å². The van der Waals surface area contributed by atoms with Gasteiger partial charge in [-0.05, 0) is 12.1 Å². The van der Waals surface area contributed by atoms with Gasteiger partial charge in [-0.2, -0.15) is 5.26 Å². The van der Waals surface area contributed by atoms with Gasteiger partial charge in [0.1, 0.15) is 17.8 Å². The molecule has 2 heterocycles. The number of likely N-dealkylation sites (N-methyl/N-ethyl adjacent to an activating group) is 1. The van der Waals surface area contributed by atoms with Crippen molar-refractivity contribution in [1.82, 2.24) is 15.6 Å². The number of anilines is 1. The number of rotatable bonds is 2. The number of hydrogen-bond acceptors (Lipinski definition) is 5. The molecule has 1 aliphatic rings. The van der Waals surface area contributed by atoms with E-state index in [0.29, 0.717) is 12.2 Å². The summed E-state index contributed by atoms with van der Waals surface area (Å²) < 4.78 is 0. The van der Waals surface area contributed by atoms with Crippen LogP contribution < -0.4 is 15.5 Å². The lowest BCUT2D eigenvalue weighted by Gasteiger charge is -2.36. The molecule has 0 bridgehead atoms. The van der Waals surface area contributed by atoms with Crippen molar-refractivity contribution in [3.63, 3.8) is 0 Å². The van der Waals surface area contributed by atoms with Gasteiger partial charge in [0.25, 0.3) is 0 Å². The van der Waals surface area contributed by atoms with Crippen molar-refractivity contribution in [3.05, 3.63) is 24.0 Å². The molecule has 1 amide bonds. The summed E-state index contributed by atoms with van der Waals surface area (Å²) in [4.78, 5) is 17.8. The highest BCUT2D eigenvalue weighted by Crippen LogP contribution is 2.18. The lowest BCUT2D eigenvalue weighted by molar-refractivity contribution is -0.122. The average Bonchev–Trinajstić information content (AvgIpc) is 2.46. The van der Waals surface area contributed by atoms with Crippen molar-refractivity contribution in [2.45, 2.75) is 6.04 Å². The zero-order chi connectivity index (χ0) is 13.0. The second-order valence-electron chi connectivity index (χ2n) is 4.04. The van der Waals surface area contributed by atoms with Crippen LogP contribution in [0.5, 0.6) is 0 Å². The van der Waals surface area contributed by atoms with Crippen molar-refractivity contribution < 1.29 is 4.79 Å². The van der Waals surface area contributed by atoms with Gasteiger partial charge < -0.3 is 15.5 Å². The van der Waals surface area contributed by atoms with Crippen LogP contribution in [0, 0.1) is 11.3 Å². The Bertz CT molecular complexity index is 482. The molecule has 0 spiro atoms. The molecular weight excluding hydrogens is 230 g/mol. The minimum absolute atomic E-state index is 0.0301. The second-order valence-corrected chi connectivity index (χ2v) is 4.04. The Hall–Kier alpha value is -2.13. The van der Waals surface area contributed by atoms with E-state index in [0.717, 1.165) is 18.8 Å². The Morgan fingerprint density at radius 2 is 2.56 bits per heavy atom. The number of aromatic nitrogens is 1. The second kappa shape index (κ2) is 5.47. The maximum absolute atomic E-state index is 11.8. The fourth-order valence-electron chi connectivity index (χ4n) is 2.07. The number of amides is 1. The van der Waals surface area contributed by atoms with E-state index in [-0.39, 0.29) is 11.9 Å². The molecule has 1 unspecified atom stereocenters. The molecule has 1 fully saturated rings. The van der Waals surface area contributed by atoms with Crippen molar-refractivity contribution >= 4 is 11.6 Å². The molecule has 0 radical (unpaired) electrons. The summed E-state index contributed by atoms with van der Waals surface area (Å²) >= 11 is 0. The lowest BCUT2D eigenvalue weighted by atomic mass is 10.1. The molecule has 1 aromatic rings. The van der Waals surface area contributed by atoms with E-state index >= 15 is 0 Å². The van der Waals surface area contributed by atoms with Gasteiger partial charge in [0.2, 0.25) is 5.91 Å². The Morgan fingerprint density at radius 1 is 1.72 bits per heavy atom. The van der Waals surface area contributed by atoms with Gasteiger partial charge in [-0.15, -0.1) is 0 Å². The summed E-state index contributed by atoms with van der Waals surface area (Å²) in [5.74, 6) is -0.0301. The monoisotopic (exact) mass is 245 g/mol. The number of carbonyl (C=O) groups is 1. The maximum Gasteiger partial charge on any atom is 0.243 e. The van der Waals surface area contributed by atoms with Crippen LogP contribution in [0.4, 0.5) is 5.69 Å². The SMILES string of the molecule is CNC(=O)C1CNCCN1c1ccnc(C#N)c1. The third kappa shape index (κ3) is 2.41. The third-order valence-corrected chi connectivity index (χ3v) is 2.98. The number of piperazine rings is 1. The summed E-state index contributed by atoms with van der Waals surface area (Å²) in [6.45, 7) is 2.15. The average molecular weight is 245 g/mol. The number of pyridine rings is 1. The van der Waals surface area contributed by atoms with Gasteiger partial charge in [0, 0.05) is 38.6 Å². The Morgan fingerprint density at radius 3 is 3.28 bits per heavy atom. The zero-order valence-electron chi connectivity index (χ0n) is 10.2. The molecular formula is C12H15N5O. The van der Waals surface area contributed by atoms with Gasteiger partial charge in [-0.1, -0.05) is 0 Å². The molecule has 18 heavy (non-hydrogen) atoms. The first kappa shape index (κ1) is 12.3. The minimum Gasteiger partial charge on any atom is -0.357 e. The largest absolute Gasteiger partial charge is 0.357 e. The fraction of sp³-hybridized carbons (Fsp3) is 0.417. The number of hydrogen-bond donors (Lipinski definition) is 2. The predicted octanol–water partition coefficient (Wildman–Crippen LogP) is -0.523. The van der Waals surface area contributed by atoms with Crippen LogP contribution in [0.2, 0.25) is 0 Å². The van der Waals surface area contributed by atoms with Crippen LogP contribution >= 0.6 is 0 Å². The summed E-state index contributed by atoms with van der Waals surface area (Å²) in [6, 6.07) is 5.29. The molecule has 0 aromatic carbocycles. The molecule has 1 saturated heterocycles. The van der Waals surface area contributed by atoms with Crippen molar-refractivity contribution in [1.29, 1.82) is 5.26 Å². The number of nitrogens with one attached hydrogen (secondary N) is 2. The van der Waals surface area contributed by atoms with Crippen LogP contribution in [-0.2, 0) is 4.79 Å². The van der Waals surface area contributed by atoms with Crippen LogP contribution in [0.25, 0.3) is 0 Å². The number of carbonyl (C=O) groups excluding carboxylic acids is 1. The summed E-state index contributed by atoms with van der Waals surface area (Å²) in [7, 11) is 1.63. The third-order valence-electron chi connectivity index (χ3n) is 2.98. The Kier molecular flexibility index (Phi) is 3.75. The molecule has 6 heteroatoms. The Labute approximate surface area is 106 Å². The van der Waals surface area contributed by atoms with E-state index in [1.807, 2.05) is 17.0 Å². The van der Waals surface area contributed by atoms with Gasteiger partial charge in [0.05, 0.1) is 0 Å². The highest BCUT2D eigenvalue weighted by Gasteiger charge is 2.28.